The molecule has 0 atom stereocenters. The van der Waals surface area contributed by atoms with E-state index in [0.29, 0.717) is 11.7 Å². The van der Waals surface area contributed by atoms with Crippen molar-refractivity contribution in [3.05, 3.63) is 21.6 Å². The summed E-state index contributed by atoms with van der Waals surface area (Å²) in [6.07, 6.45) is 2.17. The van der Waals surface area contributed by atoms with Gasteiger partial charge in [0, 0.05) is 5.92 Å². The van der Waals surface area contributed by atoms with E-state index in [4.69, 9.17) is 11.6 Å². The van der Waals surface area contributed by atoms with E-state index in [-0.39, 0.29) is 5.28 Å². The quantitative estimate of drug-likeness (QED) is 0.677. The third-order valence-electron chi connectivity index (χ3n) is 1.61. The maximum Gasteiger partial charge on any atom is 0.349 e. The Kier molecular flexibility index (Phi) is 1.42. The molecule has 1 saturated carbocycles. The van der Waals surface area contributed by atoms with Gasteiger partial charge in [-0.3, -0.25) is 4.98 Å². The van der Waals surface area contributed by atoms with Crippen LogP contribution in [-0.2, 0) is 0 Å². The van der Waals surface area contributed by atoms with Crippen molar-refractivity contribution in [1.82, 2.24) is 15.0 Å². The highest BCUT2D eigenvalue weighted by Gasteiger charge is 2.26. The lowest BCUT2D eigenvalue weighted by Crippen LogP contribution is -2.14. The molecule has 2 rings (SSSR count). The van der Waals surface area contributed by atoms with Crippen LogP contribution < -0.4 is 5.69 Å². The van der Waals surface area contributed by atoms with E-state index >= 15 is 0 Å². The molecule has 0 aromatic carbocycles. The van der Waals surface area contributed by atoms with Gasteiger partial charge in [-0.15, -0.1) is 0 Å². The molecule has 5 heteroatoms. The molecule has 1 fully saturated rings. The van der Waals surface area contributed by atoms with Crippen molar-refractivity contribution >= 4 is 11.6 Å². The largest absolute Gasteiger partial charge is 0.349 e. The molecule has 1 aliphatic carbocycles. The summed E-state index contributed by atoms with van der Waals surface area (Å²) in [6.45, 7) is 0. The van der Waals surface area contributed by atoms with Gasteiger partial charge in [0.1, 0.15) is 5.82 Å². The van der Waals surface area contributed by atoms with Gasteiger partial charge in [0.25, 0.3) is 0 Å². The molecule has 1 heterocycles. The SMILES string of the molecule is O=c1nc(Cl)nc(C2CC2)[nH]1. The molecule has 11 heavy (non-hydrogen) atoms. The summed E-state index contributed by atoms with van der Waals surface area (Å²) in [6, 6.07) is 0. The molecule has 0 amide bonds. The molecular weight excluding hydrogens is 166 g/mol. The fourth-order valence-electron chi connectivity index (χ4n) is 0.924. The summed E-state index contributed by atoms with van der Waals surface area (Å²) in [7, 11) is 0. The molecule has 1 aromatic rings. The van der Waals surface area contributed by atoms with Gasteiger partial charge in [0.15, 0.2) is 0 Å². The number of aromatic amines is 1. The van der Waals surface area contributed by atoms with E-state index in [1.54, 1.807) is 0 Å². The van der Waals surface area contributed by atoms with Crippen LogP contribution in [0.15, 0.2) is 4.79 Å². The van der Waals surface area contributed by atoms with E-state index in [1.807, 2.05) is 0 Å². The van der Waals surface area contributed by atoms with E-state index in [9.17, 15) is 4.79 Å². The third-order valence-corrected chi connectivity index (χ3v) is 1.77. The Hall–Kier alpha value is -0.900. The molecule has 0 saturated heterocycles. The molecule has 58 valence electrons. The zero-order valence-electron chi connectivity index (χ0n) is 5.67. The number of hydrogen-bond donors (Lipinski definition) is 1. The molecule has 0 bridgehead atoms. The summed E-state index contributed by atoms with van der Waals surface area (Å²) in [5.74, 6) is 1.08. The second kappa shape index (κ2) is 2.30. The third kappa shape index (κ3) is 1.40. The summed E-state index contributed by atoms with van der Waals surface area (Å²) >= 11 is 5.48. The Bertz CT molecular complexity index is 331. The maximum absolute atomic E-state index is 10.8. The van der Waals surface area contributed by atoms with Gasteiger partial charge < -0.3 is 0 Å². The number of halogens is 1. The minimum absolute atomic E-state index is 0.0376. The van der Waals surface area contributed by atoms with Gasteiger partial charge in [-0.1, -0.05) is 0 Å². The highest BCUT2D eigenvalue weighted by atomic mass is 35.5. The predicted molar refractivity (Wildman–Crippen MR) is 39.6 cm³/mol. The Morgan fingerprint density at radius 2 is 2.18 bits per heavy atom. The van der Waals surface area contributed by atoms with Crippen LogP contribution in [0, 0.1) is 0 Å². The second-order valence-electron chi connectivity index (χ2n) is 2.58. The van der Waals surface area contributed by atoms with Crippen LogP contribution >= 0.6 is 11.6 Å². The number of H-pyrrole nitrogens is 1. The normalized spacial score (nSPS) is 16.8. The first-order valence-electron chi connectivity index (χ1n) is 3.39. The molecule has 1 aliphatic rings. The number of nitrogens with zero attached hydrogens (tertiary/aromatic N) is 2. The number of hydrogen-bond acceptors (Lipinski definition) is 3. The molecule has 0 unspecified atom stereocenters. The molecule has 4 nitrogen and oxygen atoms in total. The lowest BCUT2D eigenvalue weighted by molar-refractivity contribution is 0.856. The number of aromatic nitrogens is 3. The first-order valence-corrected chi connectivity index (χ1v) is 3.77. The van der Waals surface area contributed by atoms with Crippen LogP contribution in [0.2, 0.25) is 5.28 Å². The second-order valence-corrected chi connectivity index (χ2v) is 2.92. The highest BCUT2D eigenvalue weighted by Crippen LogP contribution is 2.37. The molecule has 0 radical (unpaired) electrons. The molecular formula is C6H6ClN3O. The monoisotopic (exact) mass is 171 g/mol. The maximum atomic E-state index is 10.8. The Morgan fingerprint density at radius 1 is 1.45 bits per heavy atom. The summed E-state index contributed by atoms with van der Waals surface area (Å²) < 4.78 is 0. The van der Waals surface area contributed by atoms with Crippen molar-refractivity contribution in [2.75, 3.05) is 0 Å². The van der Waals surface area contributed by atoms with Gasteiger partial charge in [0.05, 0.1) is 0 Å². The van der Waals surface area contributed by atoms with E-state index in [2.05, 4.69) is 15.0 Å². The number of nitrogens with one attached hydrogen (secondary N) is 1. The van der Waals surface area contributed by atoms with Crippen molar-refractivity contribution in [3.8, 4) is 0 Å². The predicted octanol–water partition coefficient (Wildman–Crippen LogP) is 0.696. The van der Waals surface area contributed by atoms with Crippen molar-refractivity contribution in [3.63, 3.8) is 0 Å². The Balaban J connectivity index is 2.47. The smallest absolute Gasteiger partial charge is 0.294 e. The van der Waals surface area contributed by atoms with Gasteiger partial charge in [-0.05, 0) is 24.4 Å². The molecule has 0 spiro atoms. The zero-order chi connectivity index (χ0) is 7.84. The first-order chi connectivity index (χ1) is 5.25. The van der Waals surface area contributed by atoms with E-state index in [0.717, 1.165) is 12.8 Å². The van der Waals surface area contributed by atoms with E-state index < -0.39 is 5.69 Å². The van der Waals surface area contributed by atoms with Crippen LogP contribution in [0.3, 0.4) is 0 Å². The van der Waals surface area contributed by atoms with Crippen LogP contribution in [0.1, 0.15) is 24.6 Å². The minimum atomic E-state index is -0.410. The Labute approximate surface area is 67.6 Å². The van der Waals surface area contributed by atoms with Crippen molar-refractivity contribution in [2.24, 2.45) is 0 Å². The zero-order valence-corrected chi connectivity index (χ0v) is 6.43. The average Bonchev–Trinajstić information content (AvgIpc) is 2.64. The Morgan fingerprint density at radius 3 is 2.73 bits per heavy atom. The lowest BCUT2D eigenvalue weighted by Gasteiger charge is -1.94. The summed E-state index contributed by atoms with van der Waals surface area (Å²) in [5, 5.41) is 0.0376. The van der Waals surface area contributed by atoms with Crippen LogP contribution in [-0.4, -0.2) is 15.0 Å². The van der Waals surface area contributed by atoms with Crippen LogP contribution in [0.25, 0.3) is 0 Å². The first kappa shape index (κ1) is 6.79. The molecule has 1 N–H and O–H groups in total. The standard InChI is InChI=1S/C6H6ClN3O/c7-5-8-4(3-1-2-3)9-6(11)10-5/h3H,1-2H2,(H,8,9,10,11). The average molecular weight is 172 g/mol. The van der Waals surface area contributed by atoms with E-state index in [1.165, 1.54) is 0 Å². The summed E-state index contributed by atoms with van der Waals surface area (Å²) in [5.41, 5.74) is -0.410. The van der Waals surface area contributed by atoms with Gasteiger partial charge in [-0.2, -0.15) is 4.98 Å². The summed E-state index contributed by atoms with van der Waals surface area (Å²) in [4.78, 5) is 20.6. The van der Waals surface area contributed by atoms with Crippen molar-refractivity contribution < 1.29 is 0 Å². The van der Waals surface area contributed by atoms with Crippen LogP contribution in [0.4, 0.5) is 0 Å². The minimum Gasteiger partial charge on any atom is -0.294 e. The lowest BCUT2D eigenvalue weighted by atomic mass is 10.4. The van der Waals surface area contributed by atoms with Gasteiger partial charge >= 0.3 is 5.69 Å². The van der Waals surface area contributed by atoms with Gasteiger partial charge in [-0.25, -0.2) is 9.78 Å². The van der Waals surface area contributed by atoms with Gasteiger partial charge in [0.2, 0.25) is 5.28 Å². The van der Waals surface area contributed by atoms with Crippen molar-refractivity contribution in [1.29, 1.82) is 0 Å². The topological polar surface area (TPSA) is 58.6 Å². The van der Waals surface area contributed by atoms with Crippen molar-refractivity contribution in [2.45, 2.75) is 18.8 Å². The fourth-order valence-corrected chi connectivity index (χ4v) is 1.09. The highest BCUT2D eigenvalue weighted by molar-refractivity contribution is 6.28. The molecule has 0 aliphatic heterocycles. The number of rotatable bonds is 1. The fraction of sp³-hybridized carbons (Fsp3) is 0.500. The van der Waals surface area contributed by atoms with Crippen LogP contribution in [0.5, 0.6) is 0 Å². The molecule has 1 aromatic heterocycles.